The van der Waals surface area contributed by atoms with Crippen molar-refractivity contribution in [3.8, 4) is 0 Å². The molecule has 1 fully saturated rings. The number of para-hydroxylation sites is 2. The lowest BCUT2D eigenvalue weighted by atomic mass is 10.00. The normalized spacial score (nSPS) is 19.5. The molecule has 1 saturated heterocycles. The number of aliphatic hydroxyl groups excluding tert-OH is 1. The van der Waals surface area contributed by atoms with Gasteiger partial charge in [0.05, 0.1) is 47.6 Å². The summed E-state index contributed by atoms with van der Waals surface area (Å²) in [7, 11) is -3.75. The Hall–Kier alpha value is -4.02. The van der Waals surface area contributed by atoms with Crippen molar-refractivity contribution in [2.75, 3.05) is 4.72 Å². The largest absolute Gasteiger partial charge is 0.392 e. The lowest BCUT2D eigenvalue weighted by molar-refractivity contribution is -0.252. The molecule has 204 valence electrons. The summed E-state index contributed by atoms with van der Waals surface area (Å²) in [5.74, 6) is 0. The van der Waals surface area contributed by atoms with Gasteiger partial charge in [-0.25, -0.2) is 13.4 Å². The van der Waals surface area contributed by atoms with Crippen LogP contribution in [-0.4, -0.2) is 29.2 Å². The molecule has 0 unspecified atom stereocenters. The highest BCUT2D eigenvalue weighted by Gasteiger charge is 2.33. The molecule has 0 amide bonds. The van der Waals surface area contributed by atoms with E-state index >= 15 is 0 Å². The van der Waals surface area contributed by atoms with E-state index in [0.29, 0.717) is 24.2 Å². The van der Waals surface area contributed by atoms with Gasteiger partial charge in [0.1, 0.15) is 0 Å². The van der Waals surface area contributed by atoms with Crippen LogP contribution in [0.15, 0.2) is 114 Å². The Labute approximate surface area is 232 Å². The second-order valence-corrected chi connectivity index (χ2v) is 11.5. The molecule has 6 rings (SSSR count). The zero-order valence-corrected chi connectivity index (χ0v) is 22.4. The Morgan fingerprint density at radius 2 is 1.65 bits per heavy atom. The number of rotatable bonds is 8. The molecule has 0 spiro atoms. The van der Waals surface area contributed by atoms with Crippen molar-refractivity contribution in [2.45, 2.75) is 43.0 Å². The van der Waals surface area contributed by atoms with Crippen LogP contribution in [0.3, 0.4) is 0 Å². The lowest BCUT2D eigenvalue weighted by Gasteiger charge is -2.36. The molecule has 0 aliphatic carbocycles. The van der Waals surface area contributed by atoms with Crippen LogP contribution in [0.1, 0.15) is 35.5 Å². The van der Waals surface area contributed by atoms with Crippen LogP contribution in [-0.2, 0) is 32.6 Å². The number of sulfonamides is 1. The van der Waals surface area contributed by atoms with Gasteiger partial charge in [-0.3, -0.25) is 4.72 Å². The van der Waals surface area contributed by atoms with Gasteiger partial charge in [-0.1, -0.05) is 66.7 Å². The van der Waals surface area contributed by atoms with Gasteiger partial charge >= 0.3 is 0 Å². The van der Waals surface area contributed by atoms with Gasteiger partial charge in [-0.05, 0) is 47.5 Å². The number of nitrogens with zero attached hydrogens (tertiary/aromatic N) is 2. The summed E-state index contributed by atoms with van der Waals surface area (Å²) in [6, 6.07) is 31.0. The van der Waals surface area contributed by atoms with Crippen LogP contribution < -0.4 is 4.72 Å². The zero-order valence-electron chi connectivity index (χ0n) is 21.6. The maximum atomic E-state index is 12.9. The van der Waals surface area contributed by atoms with Crippen LogP contribution in [0.2, 0.25) is 0 Å². The van der Waals surface area contributed by atoms with Gasteiger partial charge in [0.25, 0.3) is 10.0 Å². The molecule has 2 heterocycles. The van der Waals surface area contributed by atoms with E-state index in [1.165, 1.54) is 0 Å². The molecule has 0 bridgehead atoms. The molecule has 4 aromatic carbocycles. The molecular formula is C31H29N3O5S. The molecular weight excluding hydrogens is 526 g/mol. The van der Waals surface area contributed by atoms with E-state index in [9.17, 15) is 13.5 Å². The summed E-state index contributed by atoms with van der Waals surface area (Å²) < 4.78 is 43.5. The molecule has 0 saturated carbocycles. The first-order chi connectivity index (χ1) is 19.5. The number of hydrogen-bond donors (Lipinski definition) is 2. The summed E-state index contributed by atoms with van der Waals surface area (Å²) in [5, 5.41) is 9.47. The Kier molecular flexibility index (Phi) is 7.36. The number of aliphatic hydroxyl groups is 1. The highest BCUT2D eigenvalue weighted by molar-refractivity contribution is 7.92. The first-order valence-electron chi connectivity index (χ1n) is 13.1. The van der Waals surface area contributed by atoms with Crippen molar-refractivity contribution in [3.63, 3.8) is 0 Å². The molecule has 40 heavy (non-hydrogen) atoms. The third-order valence-electron chi connectivity index (χ3n) is 7.01. The quantitative estimate of drug-likeness (QED) is 0.259. The number of ether oxygens (including phenoxy) is 2. The molecule has 1 aliphatic rings. The van der Waals surface area contributed by atoms with Crippen LogP contribution in [0.4, 0.5) is 5.69 Å². The van der Waals surface area contributed by atoms with E-state index in [2.05, 4.69) is 14.3 Å². The topological polar surface area (TPSA) is 103 Å². The summed E-state index contributed by atoms with van der Waals surface area (Å²) in [6.07, 6.45) is 1.24. The fraction of sp³-hybridized carbons (Fsp3) is 0.194. The van der Waals surface area contributed by atoms with Crippen molar-refractivity contribution < 1.29 is 23.0 Å². The second-order valence-electron chi connectivity index (χ2n) is 9.78. The minimum atomic E-state index is -3.75. The van der Waals surface area contributed by atoms with Crippen molar-refractivity contribution in [3.05, 3.63) is 126 Å². The number of anilines is 1. The van der Waals surface area contributed by atoms with Crippen LogP contribution in [0, 0.1) is 0 Å². The van der Waals surface area contributed by atoms with Gasteiger partial charge < -0.3 is 19.1 Å². The first kappa shape index (κ1) is 26.2. The molecule has 9 heteroatoms. The van der Waals surface area contributed by atoms with Crippen LogP contribution in [0.5, 0.6) is 0 Å². The van der Waals surface area contributed by atoms with Crippen molar-refractivity contribution in [1.29, 1.82) is 0 Å². The predicted octanol–water partition coefficient (Wildman–Crippen LogP) is 5.58. The summed E-state index contributed by atoms with van der Waals surface area (Å²) in [4.78, 5) is 4.70. The molecule has 8 nitrogen and oxygen atoms in total. The minimum absolute atomic E-state index is 0.0282. The lowest BCUT2D eigenvalue weighted by Crippen LogP contribution is -2.32. The molecule has 2 N–H and O–H groups in total. The van der Waals surface area contributed by atoms with Gasteiger partial charge in [0.15, 0.2) is 6.29 Å². The average molecular weight is 556 g/mol. The number of imidazole rings is 1. The number of hydrogen-bond acceptors (Lipinski definition) is 6. The highest BCUT2D eigenvalue weighted by atomic mass is 32.2. The van der Waals surface area contributed by atoms with Crippen LogP contribution >= 0.6 is 0 Å². The maximum absolute atomic E-state index is 12.9. The van der Waals surface area contributed by atoms with Crippen LogP contribution in [0.25, 0.3) is 11.0 Å². The predicted molar refractivity (Wildman–Crippen MR) is 152 cm³/mol. The summed E-state index contributed by atoms with van der Waals surface area (Å²) >= 11 is 0. The molecule has 5 aromatic rings. The van der Waals surface area contributed by atoms with E-state index in [4.69, 9.17) is 9.47 Å². The Bertz CT molecular complexity index is 1700. The van der Waals surface area contributed by atoms with Crippen molar-refractivity contribution in [1.82, 2.24) is 9.55 Å². The number of benzene rings is 4. The molecule has 1 aliphatic heterocycles. The van der Waals surface area contributed by atoms with E-state index in [-0.39, 0.29) is 23.7 Å². The monoisotopic (exact) mass is 555 g/mol. The smallest absolute Gasteiger partial charge is 0.261 e. The summed E-state index contributed by atoms with van der Waals surface area (Å²) in [5.41, 5.74) is 4.86. The van der Waals surface area contributed by atoms with E-state index in [1.54, 1.807) is 48.5 Å². The van der Waals surface area contributed by atoms with Gasteiger partial charge in [-0.2, -0.15) is 0 Å². The maximum Gasteiger partial charge on any atom is 0.261 e. The number of aromatic nitrogens is 2. The van der Waals surface area contributed by atoms with Crippen molar-refractivity contribution in [2.24, 2.45) is 0 Å². The average Bonchev–Trinajstić information content (AvgIpc) is 3.40. The van der Waals surface area contributed by atoms with Crippen molar-refractivity contribution >= 4 is 26.7 Å². The van der Waals surface area contributed by atoms with Gasteiger partial charge in [0, 0.05) is 17.7 Å². The highest BCUT2D eigenvalue weighted by Crippen LogP contribution is 2.39. The number of fused-ring (bicyclic) bond motifs is 1. The van der Waals surface area contributed by atoms with Gasteiger partial charge in [-0.15, -0.1) is 0 Å². The minimum Gasteiger partial charge on any atom is -0.392 e. The first-order valence-corrected chi connectivity index (χ1v) is 14.6. The summed E-state index contributed by atoms with van der Waals surface area (Å²) in [6.45, 7) is 0.547. The molecule has 1 aromatic heterocycles. The molecule has 3 atom stereocenters. The fourth-order valence-corrected chi connectivity index (χ4v) is 6.04. The SMILES string of the molecule is O=S(=O)(Nc1cccc([C@H]2O[C@@H](Cn3cnc4ccccc43)C[C@@H](c3ccc(CO)cc3)O2)c1)c1ccccc1. The van der Waals surface area contributed by atoms with E-state index < -0.39 is 16.3 Å². The van der Waals surface area contributed by atoms with E-state index in [1.807, 2.05) is 60.9 Å². The zero-order chi connectivity index (χ0) is 27.5. The second kappa shape index (κ2) is 11.2. The third kappa shape index (κ3) is 5.64. The Balaban J connectivity index is 1.28. The fourth-order valence-electron chi connectivity index (χ4n) is 4.97. The third-order valence-corrected chi connectivity index (χ3v) is 8.40. The Morgan fingerprint density at radius 1 is 0.875 bits per heavy atom. The standard InChI is InChI=1S/C31H29N3O5S/c35-20-22-13-15-23(16-14-22)30-18-26(19-34-21-32-28-11-4-5-12-29(28)34)38-31(39-30)24-7-6-8-25(17-24)33-40(36,37)27-9-2-1-3-10-27/h1-17,21,26,30-31,33,35H,18-20H2/t26-,30+,31+/m1/s1. The Morgan fingerprint density at radius 3 is 2.45 bits per heavy atom. The van der Waals surface area contributed by atoms with Gasteiger partial charge in [0.2, 0.25) is 0 Å². The van der Waals surface area contributed by atoms with E-state index in [0.717, 1.165) is 22.2 Å². The number of nitrogens with one attached hydrogen (secondary N) is 1. The molecule has 0 radical (unpaired) electrons.